The van der Waals surface area contributed by atoms with Crippen molar-refractivity contribution < 1.29 is 4.79 Å². The van der Waals surface area contributed by atoms with Crippen LogP contribution in [0, 0.1) is 0 Å². The van der Waals surface area contributed by atoms with Crippen LogP contribution in [0.4, 0.5) is 0 Å². The number of piperazine rings is 1. The molecule has 4 heteroatoms. The summed E-state index contributed by atoms with van der Waals surface area (Å²) in [4.78, 5) is 14.1. The van der Waals surface area contributed by atoms with Crippen LogP contribution in [-0.2, 0) is 17.8 Å². The zero-order chi connectivity index (χ0) is 13.7. The van der Waals surface area contributed by atoms with Gasteiger partial charge in [-0.05, 0) is 17.5 Å². The highest BCUT2D eigenvalue weighted by Gasteiger charge is 2.27. The molecule has 2 N–H and O–H groups in total. The lowest BCUT2D eigenvalue weighted by Gasteiger charge is -2.34. The van der Waals surface area contributed by atoms with E-state index in [2.05, 4.69) is 46.7 Å². The van der Waals surface area contributed by atoms with Crippen LogP contribution < -0.4 is 10.6 Å². The average Bonchev–Trinajstić information content (AvgIpc) is 2.48. The Morgan fingerprint density at radius 1 is 1.37 bits per heavy atom. The van der Waals surface area contributed by atoms with Crippen molar-refractivity contribution in [3.63, 3.8) is 0 Å². The summed E-state index contributed by atoms with van der Waals surface area (Å²) in [5.74, 6) is 0.0948. The molecule has 104 valence electrons. The molecule has 1 aromatic rings. The van der Waals surface area contributed by atoms with Gasteiger partial charge in [0, 0.05) is 33.2 Å². The Labute approximate surface area is 115 Å². The molecule has 1 amide bonds. The lowest BCUT2D eigenvalue weighted by molar-refractivity contribution is -0.126. The molecule has 1 aliphatic rings. The molecule has 0 saturated carbocycles. The summed E-state index contributed by atoms with van der Waals surface area (Å²) in [6.45, 7) is 5.58. The van der Waals surface area contributed by atoms with Crippen molar-refractivity contribution in [3.05, 3.63) is 35.4 Å². The third kappa shape index (κ3) is 3.55. The van der Waals surface area contributed by atoms with Crippen LogP contribution in [0.5, 0.6) is 0 Å². The quantitative estimate of drug-likeness (QED) is 0.841. The molecule has 0 aliphatic carbocycles. The Hall–Kier alpha value is -1.39. The summed E-state index contributed by atoms with van der Waals surface area (Å²) >= 11 is 0. The molecule has 1 saturated heterocycles. The first-order chi connectivity index (χ1) is 9.24. The third-order valence-electron chi connectivity index (χ3n) is 3.72. The number of hydrogen-bond acceptors (Lipinski definition) is 3. The number of nitrogens with one attached hydrogen (secondary N) is 2. The predicted octanol–water partition coefficient (Wildman–Crippen LogP) is 0.769. The molecule has 1 unspecified atom stereocenters. The highest BCUT2D eigenvalue weighted by atomic mass is 16.2. The van der Waals surface area contributed by atoms with Gasteiger partial charge >= 0.3 is 0 Å². The van der Waals surface area contributed by atoms with Crippen LogP contribution in [0.1, 0.15) is 18.1 Å². The maximum Gasteiger partial charge on any atom is 0.238 e. The largest absolute Gasteiger partial charge is 0.358 e. The van der Waals surface area contributed by atoms with Gasteiger partial charge in [-0.2, -0.15) is 0 Å². The fraction of sp³-hybridized carbons (Fsp3) is 0.533. The van der Waals surface area contributed by atoms with Crippen molar-refractivity contribution >= 4 is 5.91 Å². The molecule has 4 nitrogen and oxygen atoms in total. The summed E-state index contributed by atoms with van der Waals surface area (Å²) in [6, 6.07) is 8.62. The summed E-state index contributed by atoms with van der Waals surface area (Å²) in [7, 11) is 1.70. The van der Waals surface area contributed by atoms with Crippen molar-refractivity contribution in [2.45, 2.75) is 25.9 Å². The Morgan fingerprint density at radius 2 is 2.05 bits per heavy atom. The molecule has 2 rings (SSSR count). The van der Waals surface area contributed by atoms with E-state index in [1.54, 1.807) is 7.05 Å². The van der Waals surface area contributed by atoms with Gasteiger partial charge in [-0.15, -0.1) is 0 Å². The van der Waals surface area contributed by atoms with Gasteiger partial charge in [-0.3, -0.25) is 9.69 Å². The molecule has 1 atom stereocenters. The zero-order valence-electron chi connectivity index (χ0n) is 11.8. The van der Waals surface area contributed by atoms with E-state index < -0.39 is 0 Å². The van der Waals surface area contributed by atoms with E-state index in [9.17, 15) is 4.79 Å². The van der Waals surface area contributed by atoms with E-state index in [1.165, 1.54) is 11.1 Å². The van der Waals surface area contributed by atoms with Crippen molar-refractivity contribution in [1.29, 1.82) is 0 Å². The van der Waals surface area contributed by atoms with Crippen LogP contribution in [0.25, 0.3) is 0 Å². The number of carbonyl (C=O) groups is 1. The summed E-state index contributed by atoms with van der Waals surface area (Å²) < 4.78 is 0. The minimum Gasteiger partial charge on any atom is -0.358 e. The Balaban J connectivity index is 2.03. The van der Waals surface area contributed by atoms with Gasteiger partial charge in [0.1, 0.15) is 6.04 Å². The topological polar surface area (TPSA) is 44.4 Å². The smallest absolute Gasteiger partial charge is 0.238 e. The standard InChI is InChI=1S/C15H23N3O/c1-3-12-4-6-13(7-5-12)11-18-9-8-17-10-14(18)15(19)16-2/h4-7,14,17H,3,8-11H2,1-2H3,(H,16,19). The molecule has 1 aromatic carbocycles. The van der Waals surface area contributed by atoms with E-state index >= 15 is 0 Å². The van der Waals surface area contributed by atoms with Crippen LogP contribution >= 0.6 is 0 Å². The van der Waals surface area contributed by atoms with E-state index in [0.29, 0.717) is 0 Å². The average molecular weight is 261 g/mol. The second-order valence-corrected chi connectivity index (χ2v) is 4.97. The number of nitrogens with zero attached hydrogens (tertiary/aromatic N) is 1. The fourth-order valence-corrected chi connectivity index (χ4v) is 2.48. The van der Waals surface area contributed by atoms with Gasteiger partial charge in [0.25, 0.3) is 0 Å². The maximum atomic E-state index is 11.9. The Kier molecular flexibility index (Phi) is 4.93. The van der Waals surface area contributed by atoms with Crippen molar-refractivity contribution in [1.82, 2.24) is 15.5 Å². The Bertz CT molecular complexity index is 416. The molecular formula is C15H23N3O. The maximum absolute atomic E-state index is 11.9. The predicted molar refractivity (Wildman–Crippen MR) is 77.0 cm³/mol. The zero-order valence-corrected chi connectivity index (χ0v) is 11.8. The molecule has 1 aliphatic heterocycles. The summed E-state index contributed by atoms with van der Waals surface area (Å²) in [5, 5.41) is 6.03. The van der Waals surface area contributed by atoms with Gasteiger partial charge in [0.05, 0.1) is 0 Å². The van der Waals surface area contributed by atoms with E-state index in [1.807, 2.05) is 0 Å². The first-order valence-corrected chi connectivity index (χ1v) is 6.98. The molecule has 1 heterocycles. The molecular weight excluding hydrogens is 238 g/mol. The number of likely N-dealkylation sites (N-methyl/N-ethyl adjacent to an activating group) is 1. The number of hydrogen-bond donors (Lipinski definition) is 2. The first kappa shape index (κ1) is 14.0. The van der Waals surface area contributed by atoms with Crippen molar-refractivity contribution in [2.75, 3.05) is 26.7 Å². The summed E-state index contributed by atoms with van der Waals surface area (Å²) in [5.41, 5.74) is 2.62. The second-order valence-electron chi connectivity index (χ2n) is 4.97. The minimum absolute atomic E-state index is 0.0652. The fourth-order valence-electron chi connectivity index (χ4n) is 2.48. The molecule has 0 spiro atoms. The van der Waals surface area contributed by atoms with Crippen molar-refractivity contribution in [3.8, 4) is 0 Å². The van der Waals surface area contributed by atoms with Gasteiger partial charge < -0.3 is 10.6 Å². The first-order valence-electron chi connectivity index (χ1n) is 6.98. The number of amides is 1. The number of aryl methyl sites for hydroxylation is 1. The van der Waals surface area contributed by atoms with Crippen molar-refractivity contribution in [2.24, 2.45) is 0 Å². The van der Waals surface area contributed by atoms with E-state index in [0.717, 1.165) is 32.6 Å². The molecule has 0 aromatic heterocycles. The molecule has 19 heavy (non-hydrogen) atoms. The SMILES string of the molecule is CCc1ccc(CN2CCNCC2C(=O)NC)cc1. The monoisotopic (exact) mass is 261 g/mol. The van der Waals surface area contributed by atoms with Crippen LogP contribution in [0.15, 0.2) is 24.3 Å². The van der Waals surface area contributed by atoms with Gasteiger partial charge in [0.15, 0.2) is 0 Å². The number of carbonyl (C=O) groups excluding carboxylic acids is 1. The molecule has 1 fully saturated rings. The molecule has 0 radical (unpaired) electrons. The van der Waals surface area contributed by atoms with Gasteiger partial charge in [0.2, 0.25) is 5.91 Å². The van der Waals surface area contributed by atoms with Crippen LogP contribution in [-0.4, -0.2) is 43.5 Å². The van der Waals surface area contributed by atoms with Gasteiger partial charge in [-0.25, -0.2) is 0 Å². The highest BCUT2D eigenvalue weighted by Crippen LogP contribution is 2.12. The van der Waals surface area contributed by atoms with Crippen LogP contribution in [0.2, 0.25) is 0 Å². The number of benzene rings is 1. The minimum atomic E-state index is -0.0652. The number of rotatable bonds is 4. The second kappa shape index (κ2) is 6.68. The van der Waals surface area contributed by atoms with E-state index in [4.69, 9.17) is 0 Å². The van der Waals surface area contributed by atoms with Crippen LogP contribution in [0.3, 0.4) is 0 Å². The Morgan fingerprint density at radius 3 is 2.68 bits per heavy atom. The third-order valence-corrected chi connectivity index (χ3v) is 3.72. The molecule has 0 bridgehead atoms. The van der Waals surface area contributed by atoms with Gasteiger partial charge in [-0.1, -0.05) is 31.2 Å². The lowest BCUT2D eigenvalue weighted by atomic mass is 10.1. The summed E-state index contributed by atoms with van der Waals surface area (Å²) in [6.07, 6.45) is 1.06. The lowest BCUT2D eigenvalue weighted by Crippen LogP contribution is -2.56. The van der Waals surface area contributed by atoms with E-state index in [-0.39, 0.29) is 11.9 Å². The normalized spacial score (nSPS) is 20.2. The highest BCUT2D eigenvalue weighted by molar-refractivity contribution is 5.81.